The van der Waals surface area contributed by atoms with Gasteiger partial charge < -0.3 is 14.2 Å². The van der Waals surface area contributed by atoms with Gasteiger partial charge in [0.25, 0.3) is 5.91 Å². The van der Waals surface area contributed by atoms with E-state index in [9.17, 15) is 9.18 Å². The molecule has 3 aromatic rings. The minimum Gasteiger partial charge on any atom is -0.487 e. The van der Waals surface area contributed by atoms with E-state index >= 15 is 0 Å². The normalized spacial score (nSPS) is 14.6. The summed E-state index contributed by atoms with van der Waals surface area (Å²) in [5.41, 5.74) is 1.81. The molecule has 2 aromatic carbocycles. The van der Waals surface area contributed by atoms with Gasteiger partial charge in [0.1, 0.15) is 23.9 Å². The van der Waals surface area contributed by atoms with Crippen molar-refractivity contribution in [2.45, 2.75) is 20.1 Å². The molecule has 2 heterocycles. The average Bonchev–Trinajstić information content (AvgIpc) is 3.13. The number of benzene rings is 2. The average molecular weight is 444 g/mol. The van der Waals surface area contributed by atoms with Crippen molar-refractivity contribution in [3.63, 3.8) is 0 Å². The maximum Gasteiger partial charge on any atom is 0.276 e. The summed E-state index contributed by atoms with van der Waals surface area (Å²) in [7, 11) is 0. The van der Waals surface area contributed by atoms with Gasteiger partial charge in [0.05, 0.1) is 10.6 Å². The summed E-state index contributed by atoms with van der Waals surface area (Å²) in [6.07, 6.45) is 0. The molecule has 31 heavy (non-hydrogen) atoms. The first-order chi connectivity index (χ1) is 15.0. The lowest BCUT2D eigenvalue weighted by molar-refractivity contribution is 0.0616. The first kappa shape index (κ1) is 21.3. The van der Waals surface area contributed by atoms with Crippen LogP contribution in [0.2, 0.25) is 5.02 Å². The summed E-state index contributed by atoms with van der Waals surface area (Å²) in [5.74, 6) is 0.661. The van der Waals surface area contributed by atoms with Gasteiger partial charge in [-0.3, -0.25) is 9.69 Å². The molecule has 0 unspecified atom stereocenters. The highest BCUT2D eigenvalue weighted by molar-refractivity contribution is 6.32. The quantitative estimate of drug-likeness (QED) is 0.568. The second-order valence-electron chi connectivity index (χ2n) is 7.48. The number of piperazine rings is 1. The van der Waals surface area contributed by atoms with Crippen molar-refractivity contribution < 1.29 is 18.4 Å². The minimum atomic E-state index is -0.237. The van der Waals surface area contributed by atoms with Crippen LogP contribution in [0.4, 0.5) is 4.39 Å². The van der Waals surface area contributed by atoms with Crippen LogP contribution >= 0.6 is 11.6 Å². The lowest BCUT2D eigenvalue weighted by Crippen LogP contribution is -2.48. The molecule has 4 rings (SSSR count). The Bertz CT molecular complexity index is 1060. The van der Waals surface area contributed by atoms with Gasteiger partial charge in [0.2, 0.25) is 0 Å². The number of aryl methyl sites for hydroxylation is 1. The Morgan fingerprint density at radius 3 is 2.68 bits per heavy atom. The van der Waals surface area contributed by atoms with Crippen LogP contribution in [0, 0.1) is 12.7 Å². The van der Waals surface area contributed by atoms with Gasteiger partial charge in [-0.2, -0.15) is 0 Å². The van der Waals surface area contributed by atoms with E-state index in [-0.39, 0.29) is 24.0 Å². The number of ether oxygens (including phenoxy) is 1. The number of nitrogens with zero attached hydrogens (tertiary/aromatic N) is 3. The number of rotatable bonds is 6. The molecule has 0 radical (unpaired) electrons. The fraction of sp³-hybridized carbons (Fsp3) is 0.304. The van der Waals surface area contributed by atoms with Crippen molar-refractivity contribution in [3.05, 3.63) is 82.0 Å². The Morgan fingerprint density at radius 2 is 1.94 bits per heavy atom. The molecule has 1 fully saturated rings. The van der Waals surface area contributed by atoms with Gasteiger partial charge in [0.15, 0.2) is 5.69 Å². The Morgan fingerprint density at radius 1 is 1.16 bits per heavy atom. The van der Waals surface area contributed by atoms with Crippen LogP contribution in [-0.4, -0.2) is 47.0 Å². The van der Waals surface area contributed by atoms with Crippen LogP contribution in [0.5, 0.6) is 5.75 Å². The molecular formula is C23H23ClFN3O3. The number of carbonyl (C=O) groups excluding carboxylic acids is 1. The Balaban J connectivity index is 1.37. The Kier molecular flexibility index (Phi) is 6.53. The molecule has 1 aliphatic rings. The maximum atomic E-state index is 13.4. The number of aromatic nitrogens is 1. The highest BCUT2D eigenvalue weighted by Gasteiger charge is 2.28. The van der Waals surface area contributed by atoms with Crippen molar-refractivity contribution in [1.82, 2.24) is 15.0 Å². The minimum absolute atomic E-state index is 0.139. The summed E-state index contributed by atoms with van der Waals surface area (Å²) in [6.45, 7) is 5.07. The first-order valence-electron chi connectivity index (χ1n) is 10.1. The standard InChI is InChI=1S/C23H23ClFN3O3/c1-16-19(15-30-21-8-3-2-7-20(21)24)22(26-31-16)23(29)28-11-9-27(10-12-28)14-17-5-4-6-18(25)13-17/h2-8,13H,9-12,14-15H2,1H3. The molecule has 1 aromatic heterocycles. The SMILES string of the molecule is Cc1onc(C(=O)N2CCN(Cc3cccc(F)c3)CC2)c1COc1ccccc1Cl. The number of carbonyl (C=O) groups is 1. The number of hydrogen-bond acceptors (Lipinski definition) is 5. The third-order valence-corrected chi connectivity index (χ3v) is 5.66. The second kappa shape index (κ2) is 9.49. The van der Waals surface area contributed by atoms with Gasteiger partial charge in [-0.1, -0.05) is 41.0 Å². The molecule has 1 saturated heterocycles. The van der Waals surface area contributed by atoms with Crippen LogP contribution in [0.3, 0.4) is 0 Å². The summed E-state index contributed by atoms with van der Waals surface area (Å²) >= 11 is 6.14. The van der Waals surface area contributed by atoms with Crippen molar-refractivity contribution in [3.8, 4) is 5.75 Å². The van der Waals surface area contributed by atoms with Crippen LogP contribution in [0.25, 0.3) is 0 Å². The molecule has 0 bridgehead atoms. The zero-order valence-corrected chi connectivity index (χ0v) is 17.9. The van der Waals surface area contributed by atoms with E-state index in [1.54, 1.807) is 36.1 Å². The van der Waals surface area contributed by atoms with E-state index in [2.05, 4.69) is 10.1 Å². The summed E-state index contributed by atoms with van der Waals surface area (Å²) < 4.78 is 24.5. The van der Waals surface area contributed by atoms with E-state index in [0.29, 0.717) is 54.8 Å². The molecular weight excluding hydrogens is 421 g/mol. The fourth-order valence-electron chi connectivity index (χ4n) is 3.59. The molecule has 0 spiro atoms. The second-order valence-corrected chi connectivity index (χ2v) is 7.89. The smallest absolute Gasteiger partial charge is 0.276 e. The molecule has 1 amide bonds. The monoisotopic (exact) mass is 443 g/mol. The van der Waals surface area contributed by atoms with Crippen LogP contribution in [0.1, 0.15) is 27.4 Å². The summed E-state index contributed by atoms with van der Waals surface area (Å²) in [4.78, 5) is 17.0. The highest BCUT2D eigenvalue weighted by Crippen LogP contribution is 2.26. The predicted molar refractivity (Wildman–Crippen MR) is 115 cm³/mol. The Labute approximate surface area is 185 Å². The van der Waals surface area contributed by atoms with E-state index in [4.69, 9.17) is 20.9 Å². The first-order valence-corrected chi connectivity index (χ1v) is 10.5. The van der Waals surface area contributed by atoms with E-state index in [1.807, 2.05) is 18.2 Å². The fourth-order valence-corrected chi connectivity index (χ4v) is 3.78. The molecule has 8 heteroatoms. The van der Waals surface area contributed by atoms with Crippen molar-refractivity contribution >= 4 is 17.5 Å². The van der Waals surface area contributed by atoms with Crippen molar-refractivity contribution in [2.75, 3.05) is 26.2 Å². The molecule has 162 valence electrons. The van der Waals surface area contributed by atoms with Gasteiger partial charge >= 0.3 is 0 Å². The topological polar surface area (TPSA) is 58.8 Å². The largest absolute Gasteiger partial charge is 0.487 e. The van der Waals surface area contributed by atoms with Crippen LogP contribution < -0.4 is 4.74 Å². The number of para-hydroxylation sites is 1. The lowest BCUT2D eigenvalue weighted by atomic mass is 10.1. The molecule has 0 atom stereocenters. The number of halogens is 2. The zero-order chi connectivity index (χ0) is 21.8. The van der Waals surface area contributed by atoms with Gasteiger partial charge in [0, 0.05) is 32.7 Å². The Hall–Kier alpha value is -2.90. The number of hydrogen-bond donors (Lipinski definition) is 0. The van der Waals surface area contributed by atoms with Crippen LogP contribution in [-0.2, 0) is 13.2 Å². The molecule has 0 N–H and O–H groups in total. The molecule has 0 saturated carbocycles. The van der Waals surface area contributed by atoms with E-state index < -0.39 is 0 Å². The van der Waals surface area contributed by atoms with Gasteiger partial charge in [-0.15, -0.1) is 0 Å². The maximum absolute atomic E-state index is 13.4. The summed E-state index contributed by atoms with van der Waals surface area (Å²) in [5, 5.41) is 4.49. The van der Waals surface area contributed by atoms with Gasteiger partial charge in [-0.25, -0.2) is 4.39 Å². The predicted octanol–water partition coefficient (Wildman–Crippen LogP) is 4.31. The van der Waals surface area contributed by atoms with Crippen molar-refractivity contribution in [1.29, 1.82) is 0 Å². The number of amides is 1. The third kappa shape index (κ3) is 5.06. The zero-order valence-electron chi connectivity index (χ0n) is 17.2. The molecule has 1 aliphatic heterocycles. The lowest BCUT2D eigenvalue weighted by Gasteiger charge is -2.34. The van der Waals surface area contributed by atoms with Crippen LogP contribution in [0.15, 0.2) is 53.1 Å². The highest BCUT2D eigenvalue weighted by atomic mass is 35.5. The van der Waals surface area contributed by atoms with Crippen molar-refractivity contribution in [2.24, 2.45) is 0 Å². The molecule has 0 aliphatic carbocycles. The van der Waals surface area contributed by atoms with E-state index in [0.717, 1.165) is 5.56 Å². The third-order valence-electron chi connectivity index (χ3n) is 5.35. The van der Waals surface area contributed by atoms with E-state index in [1.165, 1.54) is 6.07 Å². The molecule has 6 nitrogen and oxygen atoms in total. The summed E-state index contributed by atoms with van der Waals surface area (Å²) in [6, 6.07) is 13.8. The van der Waals surface area contributed by atoms with Gasteiger partial charge in [-0.05, 0) is 36.8 Å².